The molecule has 5 heteroatoms. The standard InChI is InChI=1S/C12H18N4O/c1-8-14-12(11(17)7-13)10-6-9(15(2)3)4-5-16(8)10/h4-6,11,17H,7,13H2,1-3H3. The number of aryl methyl sites for hydroxylation is 1. The maximum atomic E-state index is 9.86. The van der Waals surface area contributed by atoms with Crippen LogP contribution < -0.4 is 10.6 Å². The topological polar surface area (TPSA) is 66.8 Å². The molecule has 0 radical (unpaired) electrons. The second-order valence-corrected chi connectivity index (χ2v) is 4.33. The van der Waals surface area contributed by atoms with Crippen LogP contribution in [-0.2, 0) is 0 Å². The number of anilines is 1. The molecule has 1 unspecified atom stereocenters. The molecule has 0 aliphatic rings. The Kier molecular flexibility index (Phi) is 3.04. The van der Waals surface area contributed by atoms with Crippen LogP contribution in [0.3, 0.4) is 0 Å². The molecule has 3 N–H and O–H groups in total. The fourth-order valence-corrected chi connectivity index (χ4v) is 1.89. The zero-order chi connectivity index (χ0) is 12.6. The summed E-state index contributed by atoms with van der Waals surface area (Å²) in [6.45, 7) is 2.09. The Morgan fingerprint density at radius 3 is 2.82 bits per heavy atom. The first-order chi connectivity index (χ1) is 8.04. The lowest BCUT2D eigenvalue weighted by Gasteiger charge is -2.13. The highest BCUT2D eigenvalue weighted by atomic mass is 16.3. The van der Waals surface area contributed by atoms with E-state index in [2.05, 4.69) is 4.98 Å². The minimum atomic E-state index is -0.712. The largest absolute Gasteiger partial charge is 0.385 e. The van der Waals surface area contributed by atoms with Crippen LogP contribution in [0.1, 0.15) is 17.6 Å². The zero-order valence-electron chi connectivity index (χ0n) is 10.4. The number of aliphatic hydroxyl groups is 1. The summed E-state index contributed by atoms with van der Waals surface area (Å²) < 4.78 is 1.96. The zero-order valence-corrected chi connectivity index (χ0v) is 10.4. The van der Waals surface area contributed by atoms with Crippen LogP contribution in [0.25, 0.3) is 5.52 Å². The molecule has 0 aromatic carbocycles. The van der Waals surface area contributed by atoms with Gasteiger partial charge in [-0.05, 0) is 19.1 Å². The van der Waals surface area contributed by atoms with E-state index in [0.717, 1.165) is 17.0 Å². The van der Waals surface area contributed by atoms with Gasteiger partial charge in [0, 0.05) is 32.5 Å². The molecule has 0 bridgehead atoms. The number of aliphatic hydroxyl groups excluding tert-OH is 1. The maximum Gasteiger partial charge on any atom is 0.110 e. The summed E-state index contributed by atoms with van der Waals surface area (Å²) in [4.78, 5) is 6.39. The molecule has 0 aliphatic carbocycles. The van der Waals surface area contributed by atoms with Crippen molar-refractivity contribution in [2.24, 2.45) is 5.73 Å². The van der Waals surface area contributed by atoms with E-state index in [1.807, 2.05) is 48.6 Å². The Morgan fingerprint density at radius 2 is 2.24 bits per heavy atom. The molecule has 2 aromatic heterocycles. The highest BCUT2D eigenvalue weighted by Gasteiger charge is 2.15. The Balaban J connectivity index is 2.64. The van der Waals surface area contributed by atoms with Gasteiger partial charge >= 0.3 is 0 Å². The van der Waals surface area contributed by atoms with Gasteiger partial charge < -0.3 is 20.1 Å². The van der Waals surface area contributed by atoms with Gasteiger partial charge in [0.1, 0.15) is 11.9 Å². The molecule has 0 aliphatic heterocycles. The third kappa shape index (κ3) is 1.99. The predicted octanol–water partition coefficient (Wildman–Crippen LogP) is 0.701. The molecular weight excluding hydrogens is 216 g/mol. The van der Waals surface area contributed by atoms with Gasteiger partial charge in [-0.1, -0.05) is 0 Å². The van der Waals surface area contributed by atoms with Crippen molar-refractivity contribution in [3.05, 3.63) is 29.8 Å². The summed E-state index contributed by atoms with van der Waals surface area (Å²) in [5, 5.41) is 9.86. The van der Waals surface area contributed by atoms with E-state index in [1.54, 1.807) is 0 Å². The van der Waals surface area contributed by atoms with Crippen molar-refractivity contribution in [1.82, 2.24) is 9.38 Å². The van der Waals surface area contributed by atoms with Crippen LogP contribution in [0, 0.1) is 6.92 Å². The van der Waals surface area contributed by atoms with E-state index in [4.69, 9.17) is 5.73 Å². The molecule has 0 fully saturated rings. The molecular formula is C12H18N4O. The smallest absolute Gasteiger partial charge is 0.110 e. The first-order valence-corrected chi connectivity index (χ1v) is 5.58. The van der Waals surface area contributed by atoms with E-state index in [0.29, 0.717) is 5.69 Å². The summed E-state index contributed by atoms with van der Waals surface area (Å²) >= 11 is 0. The average Bonchev–Trinajstić information content (AvgIpc) is 2.65. The van der Waals surface area contributed by atoms with E-state index in [-0.39, 0.29) is 6.54 Å². The highest BCUT2D eigenvalue weighted by molar-refractivity contribution is 5.63. The summed E-state index contributed by atoms with van der Waals surface area (Å²) in [5.74, 6) is 0.854. The van der Waals surface area contributed by atoms with Crippen LogP contribution in [0.2, 0.25) is 0 Å². The molecule has 0 saturated carbocycles. The molecule has 0 saturated heterocycles. The van der Waals surface area contributed by atoms with Crippen LogP contribution >= 0.6 is 0 Å². The van der Waals surface area contributed by atoms with Crippen LogP contribution in [0.15, 0.2) is 18.3 Å². The van der Waals surface area contributed by atoms with Crippen molar-refractivity contribution < 1.29 is 5.11 Å². The molecule has 2 heterocycles. The second-order valence-electron chi connectivity index (χ2n) is 4.33. The predicted molar refractivity (Wildman–Crippen MR) is 68.3 cm³/mol. The van der Waals surface area contributed by atoms with E-state index in [1.165, 1.54) is 0 Å². The lowest BCUT2D eigenvalue weighted by Crippen LogP contribution is -2.12. The molecule has 5 nitrogen and oxygen atoms in total. The number of hydrogen-bond acceptors (Lipinski definition) is 4. The average molecular weight is 234 g/mol. The van der Waals surface area contributed by atoms with Gasteiger partial charge in [0.25, 0.3) is 0 Å². The number of aromatic nitrogens is 2. The van der Waals surface area contributed by atoms with Crippen molar-refractivity contribution in [2.75, 3.05) is 25.5 Å². The number of fused-ring (bicyclic) bond motifs is 1. The molecule has 0 amide bonds. The number of hydrogen-bond donors (Lipinski definition) is 2. The molecule has 2 aromatic rings. The number of rotatable bonds is 3. The quantitative estimate of drug-likeness (QED) is 0.820. The fourth-order valence-electron chi connectivity index (χ4n) is 1.89. The van der Waals surface area contributed by atoms with Gasteiger partial charge in [-0.3, -0.25) is 0 Å². The molecule has 92 valence electrons. The molecule has 1 atom stereocenters. The number of imidazole rings is 1. The number of nitrogens with zero attached hydrogens (tertiary/aromatic N) is 3. The second kappa shape index (κ2) is 4.35. The van der Waals surface area contributed by atoms with Gasteiger partial charge in [0.15, 0.2) is 0 Å². The van der Waals surface area contributed by atoms with Gasteiger partial charge in [-0.15, -0.1) is 0 Å². The third-order valence-electron chi connectivity index (χ3n) is 2.89. The van der Waals surface area contributed by atoms with Crippen LogP contribution in [0.5, 0.6) is 0 Å². The SMILES string of the molecule is Cc1nc(C(O)CN)c2cc(N(C)C)ccn12. The van der Waals surface area contributed by atoms with Gasteiger partial charge in [0.05, 0.1) is 11.2 Å². The van der Waals surface area contributed by atoms with E-state index >= 15 is 0 Å². The van der Waals surface area contributed by atoms with Crippen molar-refractivity contribution in [1.29, 1.82) is 0 Å². The van der Waals surface area contributed by atoms with Gasteiger partial charge in [0.2, 0.25) is 0 Å². The molecule has 17 heavy (non-hydrogen) atoms. The first-order valence-electron chi connectivity index (χ1n) is 5.58. The van der Waals surface area contributed by atoms with E-state index in [9.17, 15) is 5.11 Å². The summed E-state index contributed by atoms with van der Waals surface area (Å²) in [6.07, 6.45) is 1.25. The van der Waals surface area contributed by atoms with Crippen molar-refractivity contribution in [3.63, 3.8) is 0 Å². The molecule has 0 spiro atoms. The highest BCUT2D eigenvalue weighted by Crippen LogP contribution is 2.23. The van der Waals surface area contributed by atoms with Crippen LogP contribution in [-0.4, -0.2) is 35.1 Å². The lowest BCUT2D eigenvalue weighted by molar-refractivity contribution is 0.184. The van der Waals surface area contributed by atoms with Gasteiger partial charge in [-0.25, -0.2) is 4.98 Å². The number of pyridine rings is 1. The number of nitrogens with two attached hydrogens (primary N) is 1. The maximum absolute atomic E-state index is 9.86. The Bertz CT molecular complexity index is 533. The normalized spacial score (nSPS) is 13.0. The van der Waals surface area contributed by atoms with Crippen molar-refractivity contribution in [3.8, 4) is 0 Å². The van der Waals surface area contributed by atoms with Crippen molar-refractivity contribution >= 4 is 11.2 Å². The third-order valence-corrected chi connectivity index (χ3v) is 2.89. The summed E-state index contributed by atoms with van der Waals surface area (Å²) in [5.41, 5.74) is 8.12. The monoisotopic (exact) mass is 234 g/mol. The first kappa shape index (κ1) is 11.9. The molecule has 2 rings (SSSR count). The summed E-state index contributed by atoms with van der Waals surface area (Å²) in [6, 6.07) is 4.02. The minimum absolute atomic E-state index is 0.179. The van der Waals surface area contributed by atoms with Crippen molar-refractivity contribution in [2.45, 2.75) is 13.0 Å². The van der Waals surface area contributed by atoms with E-state index < -0.39 is 6.10 Å². The Morgan fingerprint density at radius 1 is 1.53 bits per heavy atom. The summed E-state index contributed by atoms with van der Waals surface area (Å²) in [7, 11) is 3.96. The lowest BCUT2D eigenvalue weighted by atomic mass is 10.2. The van der Waals surface area contributed by atoms with Crippen LogP contribution in [0.4, 0.5) is 5.69 Å². The minimum Gasteiger partial charge on any atom is -0.385 e. The fraction of sp³-hybridized carbons (Fsp3) is 0.417. The van der Waals surface area contributed by atoms with Gasteiger partial charge in [-0.2, -0.15) is 0 Å². The Labute approximate surface area is 100 Å². The Hall–Kier alpha value is -1.59.